The van der Waals surface area contributed by atoms with E-state index in [1.54, 1.807) is 10.9 Å². The van der Waals surface area contributed by atoms with Gasteiger partial charge in [-0.25, -0.2) is 0 Å². The molecule has 0 aromatic carbocycles. The third-order valence-electron chi connectivity index (χ3n) is 1.43. The Hall–Kier alpha value is -0.840. The highest BCUT2D eigenvalue weighted by atomic mass is 79.9. The Kier molecular flexibility index (Phi) is 3.28. The van der Waals surface area contributed by atoms with Crippen molar-refractivity contribution in [1.29, 1.82) is 0 Å². The fourth-order valence-electron chi connectivity index (χ4n) is 0.861. The summed E-state index contributed by atoms with van der Waals surface area (Å²) in [6.07, 6.45) is 2.47. The molecule has 0 saturated heterocycles. The summed E-state index contributed by atoms with van der Waals surface area (Å²) in [5.41, 5.74) is 0. The highest BCUT2D eigenvalue weighted by Gasteiger charge is 2.00. The second-order valence-electron chi connectivity index (χ2n) is 2.37. The first kappa shape index (κ1) is 9.25. The Bertz CT molecular complexity index is 272. The summed E-state index contributed by atoms with van der Waals surface area (Å²) in [5.74, 6) is -0.765. The van der Waals surface area contributed by atoms with E-state index >= 15 is 0 Å². The summed E-state index contributed by atoms with van der Waals surface area (Å²) in [6, 6.07) is 1.82. The van der Waals surface area contributed by atoms with E-state index in [9.17, 15) is 4.79 Å². The van der Waals surface area contributed by atoms with Gasteiger partial charge in [-0.15, -0.1) is 0 Å². The zero-order valence-corrected chi connectivity index (χ0v) is 7.99. The van der Waals surface area contributed by atoms with Crippen LogP contribution >= 0.6 is 15.9 Å². The van der Waals surface area contributed by atoms with Crippen molar-refractivity contribution in [1.82, 2.24) is 9.78 Å². The van der Waals surface area contributed by atoms with Gasteiger partial charge in [0.15, 0.2) is 0 Å². The molecule has 0 spiro atoms. The number of halogens is 1. The van der Waals surface area contributed by atoms with E-state index in [1.807, 2.05) is 6.07 Å². The van der Waals surface area contributed by atoms with Gasteiger partial charge in [0.2, 0.25) is 0 Å². The average Bonchev–Trinajstić information content (AvgIpc) is 2.36. The number of carboxylic acids is 1. The van der Waals surface area contributed by atoms with Crippen LogP contribution in [0.15, 0.2) is 16.9 Å². The van der Waals surface area contributed by atoms with Crippen molar-refractivity contribution >= 4 is 21.9 Å². The Balaban J connectivity index is 2.33. The van der Waals surface area contributed by atoms with Gasteiger partial charge in [0.25, 0.3) is 0 Å². The lowest BCUT2D eigenvalue weighted by Gasteiger charge is -2.00. The van der Waals surface area contributed by atoms with Gasteiger partial charge in [0, 0.05) is 13.0 Å². The molecule has 0 fully saturated rings. The number of aliphatic carboxylic acids is 1. The molecule has 12 heavy (non-hydrogen) atoms. The van der Waals surface area contributed by atoms with E-state index in [0.29, 0.717) is 13.0 Å². The number of hydrogen-bond donors (Lipinski definition) is 1. The van der Waals surface area contributed by atoms with Crippen LogP contribution in [0, 0.1) is 0 Å². The van der Waals surface area contributed by atoms with Crippen LogP contribution in [0.25, 0.3) is 0 Å². The molecule has 5 heteroatoms. The topological polar surface area (TPSA) is 55.1 Å². The molecule has 0 saturated carbocycles. The smallest absolute Gasteiger partial charge is 0.303 e. The zero-order chi connectivity index (χ0) is 8.97. The van der Waals surface area contributed by atoms with E-state index in [4.69, 9.17) is 5.11 Å². The van der Waals surface area contributed by atoms with E-state index < -0.39 is 5.97 Å². The molecule has 0 atom stereocenters. The molecule has 1 heterocycles. The van der Waals surface area contributed by atoms with Gasteiger partial charge in [-0.05, 0) is 28.4 Å². The first-order valence-electron chi connectivity index (χ1n) is 3.59. The molecule has 0 amide bonds. The van der Waals surface area contributed by atoms with Crippen molar-refractivity contribution in [2.45, 2.75) is 19.4 Å². The molecule has 0 bridgehead atoms. The molecule has 0 unspecified atom stereocenters. The standard InChI is InChI=1S/C7H9BrN2O2/c8-6-3-4-9-10(6)5-1-2-7(11)12/h3-4H,1-2,5H2,(H,11,12). The SMILES string of the molecule is O=C(O)CCCn1nccc1Br. The molecular weight excluding hydrogens is 224 g/mol. The van der Waals surface area contributed by atoms with Gasteiger partial charge in [-0.1, -0.05) is 0 Å². The maximum Gasteiger partial charge on any atom is 0.303 e. The van der Waals surface area contributed by atoms with Crippen molar-refractivity contribution in [3.8, 4) is 0 Å². The maximum atomic E-state index is 10.2. The van der Waals surface area contributed by atoms with E-state index in [0.717, 1.165) is 4.60 Å². The lowest BCUT2D eigenvalue weighted by atomic mass is 10.3. The Labute approximate surface area is 78.3 Å². The molecule has 4 nitrogen and oxygen atoms in total. The van der Waals surface area contributed by atoms with Gasteiger partial charge >= 0.3 is 5.97 Å². The van der Waals surface area contributed by atoms with Crippen molar-refractivity contribution in [2.24, 2.45) is 0 Å². The number of aromatic nitrogens is 2. The Morgan fingerprint density at radius 2 is 2.50 bits per heavy atom. The van der Waals surface area contributed by atoms with Crippen LogP contribution < -0.4 is 0 Å². The van der Waals surface area contributed by atoms with Crippen molar-refractivity contribution in [3.63, 3.8) is 0 Å². The summed E-state index contributed by atoms with van der Waals surface area (Å²) < 4.78 is 2.61. The summed E-state index contributed by atoms with van der Waals surface area (Å²) in [5, 5.41) is 12.4. The van der Waals surface area contributed by atoms with Gasteiger partial charge in [-0.2, -0.15) is 5.10 Å². The highest BCUT2D eigenvalue weighted by molar-refractivity contribution is 9.10. The van der Waals surface area contributed by atoms with Crippen LogP contribution in [0.4, 0.5) is 0 Å². The van der Waals surface area contributed by atoms with Crippen LogP contribution in [-0.2, 0) is 11.3 Å². The molecule has 1 aromatic rings. The average molecular weight is 233 g/mol. The predicted molar refractivity (Wildman–Crippen MR) is 46.8 cm³/mol. The highest BCUT2D eigenvalue weighted by Crippen LogP contribution is 2.08. The molecular formula is C7H9BrN2O2. The molecule has 0 radical (unpaired) electrons. The lowest BCUT2D eigenvalue weighted by Crippen LogP contribution is -2.03. The largest absolute Gasteiger partial charge is 0.481 e. The second-order valence-corrected chi connectivity index (χ2v) is 3.19. The number of carbonyl (C=O) groups is 1. The number of rotatable bonds is 4. The monoisotopic (exact) mass is 232 g/mol. The first-order valence-corrected chi connectivity index (χ1v) is 4.38. The molecule has 1 rings (SSSR count). The minimum atomic E-state index is -0.765. The number of aryl methyl sites for hydroxylation is 1. The molecule has 1 aromatic heterocycles. The Morgan fingerprint density at radius 3 is 3.00 bits per heavy atom. The number of hydrogen-bond acceptors (Lipinski definition) is 2. The summed E-state index contributed by atoms with van der Waals surface area (Å²) in [6.45, 7) is 0.639. The van der Waals surface area contributed by atoms with Crippen molar-refractivity contribution in [3.05, 3.63) is 16.9 Å². The lowest BCUT2D eigenvalue weighted by molar-refractivity contribution is -0.137. The van der Waals surface area contributed by atoms with E-state index in [2.05, 4.69) is 21.0 Å². The summed E-state index contributed by atoms with van der Waals surface area (Å²) >= 11 is 3.29. The maximum absolute atomic E-state index is 10.2. The van der Waals surface area contributed by atoms with Crippen LogP contribution in [0.5, 0.6) is 0 Å². The van der Waals surface area contributed by atoms with E-state index in [1.165, 1.54) is 0 Å². The van der Waals surface area contributed by atoms with Crippen LogP contribution in [-0.4, -0.2) is 20.9 Å². The summed E-state index contributed by atoms with van der Waals surface area (Å²) in [7, 11) is 0. The number of carboxylic acid groups (broad SMARTS) is 1. The molecule has 0 aliphatic carbocycles. The van der Waals surface area contributed by atoms with Crippen molar-refractivity contribution < 1.29 is 9.90 Å². The Morgan fingerprint density at radius 1 is 1.75 bits per heavy atom. The third-order valence-corrected chi connectivity index (χ3v) is 2.10. The minimum absolute atomic E-state index is 0.187. The predicted octanol–water partition coefficient (Wildman–Crippen LogP) is 1.51. The van der Waals surface area contributed by atoms with Gasteiger partial charge < -0.3 is 5.11 Å². The third kappa shape index (κ3) is 2.65. The van der Waals surface area contributed by atoms with Gasteiger partial charge in [0.05, 0.1) is 6.20 Å². The number of nitrogens with zero attached hydrogens (tertiary/aromatic N) is 2. The normalized spacial score (nSPS) is 10.1. The summed E-state index contributed by atoms with van der Waals surface area (Å²) in [4.78, 5) is 10.2. The fourth-order valence-corrected chi connectivity index (χ4v) is 1.25. The van der Waals surface area contributed by atoms with Crippen molar-refractivity contribution in [2.75, 3.05) is 0 Å². The van der Waals surface area contributed by atoms with Crippen LogP contribution in [0.2, 0.25) is 0 Å². The van der Waals surface area contributed by atoms with Gasteiger partial charge in [-0.3, -0.25) is 9.48 Å². The molecule has 66 valence electrons. The minimum Gasteiger partial charge on any atom is -0.481 e. The van der Waals surface area contributed by atoms with Crippen LogP contribution in [0.3, 0.4) is 0 Å². The van der Waals surface area contributed by atoms with Gasteiger partial charge in [0.1, 0.15) is 4.60 Å². The first-order chi connectivity index (χ1) is 5.70. The quantitative estimate of drug-likeness (QED) is 0.857. The fraction of sp³-hybridized carbons (Fsp3) is 0.429. The van der Waals surface area contributed by atoms with E-state index in [-0.39, 0.29) is 6.42 Å². The molecule has 0 aliphatic heterocycles. The van der Waals surface area contributed by atoms with Crippen LogP contribution in [0.1, 0.15) is 12.8 Å². The molecule has 0 aliphatic rings. The zero-order valence-electron chi connectivity index (χ0n) is 6.40. The second kappa shape index (κ2) is 4.25. The molecule has 1 N–H and O–H groups in total.